The van der Waals surface area contributed by atoms with Gasteiger partial charge in [-0.15, -0.1) is 0 Å². The molecular formula is C14H15N3O. The molecule has 1 unspecified atom stereocenters. The van der Waals surface area contributed by atoms with Crippen LogP contribution in [0, 0.1) is 6.92 Å². The summed E-state index contributed by atoms with van der Waals surface area (Å²) < 4.78 is 7.59. The summed E-state index contributed by atoms with van der Waals surface area (Å²) in [6.07, 6.45) is 1.85. The van der Waals surface area contributed by atoms with E-state index in [1.54, 1.807) is 0 Å². The zero-order valence-electron chi connectivity index (χ0n) is 10.2. The first kappa shape index (κ1) is 11.0. The van der Waals surface area contributed by atoms with E-state index in [1.807, 2.05) is 54.2 Å². The van der Waals surface area contributed by atoms with Crippen molar-refractivity contribution < 1.29 is 4.42 Å². The number of furan rings is 1. The van der Waals surface area contributed by atoms with Gasteiger partial charge in [0.25, 0.3) is 0 Å². The fraction of sp³-hybridized carbons (Fsp3) is 0.214. The molecule has 0 radical (unpaired) electrons. The van der Waals surface area contributed by atoms with Crippen LogP contribution in [0.2, 0.25) is 0 Å². The number of hydrogen-bond donors (Lipinski definition) is 1. The fourth-order valence-electron chi connectivity index (χ4n) is 2.21. The SMILES string of the molecule is Cc1ccc(C(CN)n2ncc3ccccc32)o1. The van der Waals surface area contributed by atoms with Gasteiger partial charge in [-0.2, -0.15) is 5.10 Å². The Morgan fingerprint density at radius 3 is 2.83 bits per heavy atom. The standard InChI is InChI=1S/C14H15N3O/c1-10-6-7-14(18-10)13(8-15)17-12-5-3-2-4-11(12)9-16-17/h2-7,9,13H,8,15H2,1H3. The summed E-state index contributed by atoms with van der Waals surface area (Å²) in [5, 5.41) is 5.54. The monoisotopic (exact) mass is 241 g/mol. The molecule has 0 bridgehead atoms. The fourth-order valence-corrected chi connectivity index (χ4v) is 2.21. The van der Waals surface area contributed by atoms with Gasteiger partial charge in [0.1, 0.15) is 17.6 Å². The topological polar surface area (TPSA) is 57.0 Å². The third-order valence-electron chi connectivity index (χ3n) is 3.11. The van der Waals surface area contributed by atoms with E-state index in [9.17, 15) is 0 Å². The summed E-state index contributed by atoms with van der Waals surface area (Å²) in [5.41, 5.74) is 6.95. The van der Waals surface area contributed by atoms with Gasteiger partial charge in [0.05, 0.1) is 11.7 Å². The van der Waals surface area contributed by atoms with E-state index in [1.165, 1.54) is 0 Å². The molecule has 18 heavy (non-hydrogen) atoms. The number of benzene rings is 1. The lowest BCUT2D eigenvalue weighted by Crippen LogP contribution is -2.20. The molecule has 0 aliphatic carbocycles. The van der Waals surface area contributed by atoms with Crippen molar-refractivity contribution in [2.45, 2.75) is 13.0 Å². The van der Waals surface area contributed by atoms with Gasteiger partial charge in [0.15, 0.2) is 0 Å². The Hall–Kier alpha value is -2.07. The van der Waals surface area contributed by atoms with Gasteiger partial charge in [-0.05, 0) is 25.1 Å². The minimum atomic E-state index is -0.0569. The van der Waals surface area contributed by atoms with Crippen LogP contribution in [0.1, 0.15) is 17.6 Å². The largest absolute Gasteiger partial charge is 0.464 e. The van der Waals surface area contributed by atoms with E-state index in [0.717, 1.165) is 22.4 Å². The molecule has 0 spiro atoms. The maximum atomic E-state index is 5.88. The van der Waals surface area contributed by atoms with E-state index in [4.69, 9.17) is 10.2 Å². The Kier molecular flexibility index (Phi) is 2.64. The zero-order chi connectivity index (χ0) is 12.5. The summed E-state index contributed by atoms with van der Waals surface area (Å²) in [5.74, 6) is 1.74. The molecule has 2 aromatic heterocycles. The summed E-state index contributed by atoms with van der Waals surface area (Å²) >= 11 is 0. The van der Waals surface area contributed by atoms with Crippen molar-refractivity contribution in [3.05, 3.63) is 54.1 Å². The molecule has 4 heteroatoms. The molecule has 0 fully saturated rings. The van der Waals surface area contributed by atoms with Crippen molar-refractivity contribution in [3.8, 4) is 0 Å². The third kappa shape index (κ3) is 1.71. The van der Waals surface area contributed by atoms with Crippen molar-refractivity contribution >= 4 is 10.9 Å². The first-order valence-electron chi connectivity index (χ1n) is 5.98. The molecule has 4 nitrogen and oxygen atoms in total. The number of nitrogens with two attached hydrogens (primary N) is 1. The normalized spacial score (nSPS) is 13.0. The molecule has 0 saturated carbocycles. The van der Waals surface area contributed by atoms with Gasteiger partial charge in [-0.1, -0.05) is 18.2 Å². The molecule has 1 atom stereocenters. The summed E-state index contributed by atoms with van der Waals surface area (Å²) in [7, 11) is 0. The Balaban J connectivity index is 2.11. The molecule has 3 rings (SSSR count). The maximum absolute atomic E-state index is 5.88. The van der Waals surface area contributed by atoms with Gasteiger partial charge in [-0.3, -0.25) is 4.68 Å². The minimum Gasteiger partial charge on any atom is -0.464 e. The maximum Gasteiger partial charge on any atom is 0.130 e. The second kappa shape index (κ2) is 4.31. The lowest BCUT2D eigenvalue weighted by Gasteiger charge is -2.14. The Bertz CT molecular complexity index is 668. The lowest BCUT2D eigenvalue weighted by atomic mass is 10.2. The first-order valence-corrected chi connectivity index (χ1v) is 5.98. The van der Waals surface area contributed by atoms with E-state index >= 15 is 0 Å². The number of rotatable bonds is 3. The van der Waals surface area contributed by atoms with Crippen molar-refractivity contribution in [1.29, 1.82) is 0 Å². The Labute approximate surface area is 105 Å². The van der Waals surface area contributed by atoms with Gasteiger partial charge in [-0.25, -0.2) is 0 Å². The highest BCUT2D eigenvalue weighted by molar-refractivity contribution is 5.78. The van der Waals surface area contributed by atoms with Crippen LogP contribution in [0.15, 0.2) is 47.0 Å². The predicted octanol–water partition coefficient (Wildman–Crippen LogP) is 2.49. The van der Waals surface area contributed by atoms with Crippen LogP contribution >= 0.6 is 0 Å². The highest BCUT2D eigenvalue weighted by Gasteiger charge is 2.18. The van der Waals surface area contributed by atoms with Crippen LogP contribution in [-0.4, -0.2) is 16.3 Å². The molecule has 0 aliphatic heterocycles. The average Bonchev–Trinajstić information content (AvgIpc) is 2.98. The van der Waals surface area contributed by atoms with Crippen LogP contribution in [-0.2, 0) is 0 Å². The van der Waals surface area contributed by atoms with Crippen molar-refractivity contribution in [1.82, 2.24) is 9.78 Å². The van der Waals surface area contributed by atoms with Crippen LogP contribution in [0.4, 0.5) is 0 Å². The second-order valence-electron chi connectivity index (χ2n) is 4.35. The van der Waals surface area contributed by atoms with E-state index in [0.29, 0.717) is 6.54 Å². The summed E-state index contributed by atoms with van der Waals surface area (Å²) in [6, 6.07) is 11.9. The van der Waals surface area contributed by atoms with Crippen LogP contribution in [0.3, 0.4) is 0 Å². The molecule has 2 N–H and O–H groups in total. The van der Waals surface area contributed by atoms with Gasteiger partial charge in [0.2, 0.25) is 0 Å². The van der Waals surface area contributed by atoms with Crippen molar-refractivity contribution in [3.63, 3.8) is 0 Å². The Morgan fingerprint density at radius 2 is 2.11 bits per heavy atom. The quantitative estimate of drug-likeness (QED) is 0.766. The molecule has 2 heterocycles. The Morgan fingerprint density at radius 1 is 1.28 bits per heavy atom. The van der Waals surface area contributed by atoms with E-state index in [-0.39, 0.29) is 6.04 Å². The van der Waals surface area contributed by atoms with Crippen LogP contribution in [0.25, 0.3) is 10.9 Å². The van der Waals surface area contributed by atoms with E-state index < -0.39 is 0 Å². The average molecular weight is 241 g/mol. The number of para-hydroxylation sites is 1. The molecule has 3 aromatic rings. The summed E-state index contributed by atoms with van der Waals surface area (Å²) in [4.78, 5) is 0. The van der Waals surface area contributed by atoms with Gasteiger partial charge < -0.3 is 10.2 Å². The van der Waals surface area contributed by atoms with Gasteiger partial charge >= 0.3 is 0 Å². The van der Waals surface area contributed by atoms with Gasteiger partial charge in [0, 0.05) is 11.9 Å². The smallest absolute Gasteiger partial charge is 0.130 e. The number of hydrogen-bond acceptors (Lipinski definition) is 3. The summed E-state index contributed by atoms with van der Waals surface area (Å²) in [6.45, 7) is 2.39. The lowest BCUT2D eigenvalue weighted by molar-refractivity contribution is 0.405. The number of nitrogens with zero attached hydrogens (tertiary/aromatic N) is 2. The minimum absolute atomic E-state index is 0.0569. The highest BCUT2D eigenvalue weighted by atomic mass is 16.3. The molecular weight excluding hydrogens is 226 g/mol. The number of aromatic nitrogens is 2. The molecule has 0 amide bonds. The highest BCUT2D eigenvalue weighted by Crippen LogP contribution is 2.23. The molecule has 1 aromatic carbocycles. The number of aryl methyl sites for hydroxylation is 1. The third-order valence-corrected chi connectivity index (χ3v) is 3.11. The number of fused-ring (bicyclic) bond motifs is 1. The molecule has 0 saturated heterocycles. The first-order chi connectivity index (χ1) is 8.79. The van der Waals surface area contributed by atoms with Crippen LogP contribution < -0.4 is 5.73 Å². The predicted molar refractivity (Wildman–Crippen MR) is 70.4 cm³/mol. The van der Waals surface area contributed by atoms with Crippen molar-refractivity contribution in [2.75, 3.05) is 6.54 Å². The molecule has 92 valence electrons. The zero-order valence-corrected chi connectivity index (χ0v) is 10.2. The van der Waals surface area contributed by atoms with Crippen molar-refractivity contribution in [2.24, 2.45) is 5.73 Å². The molecule has 0 aliphatic rings. The second-order valence-corrected chi connectivity index (χ2v) is 4.35. The van der Waals surface area contributed by atoms with Crippen LogP contribution in [0.5, 0.6) is 0 Å². The van der Waals surface area contributed by atoms with E-state index in [2.05, 4.69) is 5.10 Å².